The molecule has 0 aliphatic rings. The molecule has 1 rings (SSSR count). The second-order valence-electron chi connectivity index (χ2n) is 3.16. The molecular weight excluding hydrogens is 259 g/mol. The van der Waals surface area contributed by atoms with Crippen LogP contribution in [-0.4, -0.2) is 12.6 Å². The highest BCUT2D eigenvalue weighted by Gasteiger charge is 2.09. The number of nitrogens with zero attached hydrogens (tertiary/aromatic N) is 1. The Bertz CT molecular complexity index is 523. The first-order valence-electron chi connectivity index (χ1n) is 5.07. The lowest BCUT2D eigenvalue weighted by atomic mass is 10.3. The van der Waals surface area contributed by atoms with Crippen LogP contribution in [0.4, 0.5) is 10.1 Å². The van der Waals surface area contributed by atoms with Crippen molar-refractivity contribution in [3.8, 4) is 6.07 Å². The van der Waals surface area contributed by atoms with E-state index in [0.717, 1.165) is 12.3 Å². The lowest BCUT2D eigenvalue weighted by molar-refractivity contribution is -0.138. The molecule has 1 N–H and O–H groups in total. The average Bonchev–Trinajstić information content (AvgIpc) is 2.32. The number of nitrogens with one attached hydrogen (secondary N) is 1. The van der Waals surface area contributed by atoms with Crippen LogP contribution in [0.1, 0.15) is 6.92 Å². The summed E-state index contributed by atoms with van der Waals surface area (Å²) in [5.74, 6) is -1.35. The number of nitriles is 1. The van der Waals surface area contributed by atoms with Gasteiger partial charge in [-0.25, -0.2) is 9.18 Å². The summed E-state index contributed by atoms with van der Waals surface area (Å²) in [6, 6.07) is 5.66. The molecule has 18 heavy (non-hydrogen) atoms. The number of carbonyl (C=O) groups is 1. The molecule has 0 saturated heterocycles. The van der Waals surface area contributed by atoms with Gasteiger partial charge in [0.2, 0.25) is 0 Å². The molecule has 0 aromatic heterocycles. The fraction of sp³-hybridized carbons (Fsp3) is 0.167. The van der Waals surface area contributed by atoms with Crippen molar-refractivity contribution >= 4 is 23.3 Å². The quantitative estimate of drug-likeness (QED) is 0.518. The molecule has 0 amide bonds. The van der Waals surface area contributed by atoms with Crippen LogP contribution in [0.25, 0.3) is 0 Å². The SMILES string of the molecule is CCOC(=O)/C(C#N)=C\Nc1ccc(Cl)cc1F. The normalized spacial score (nSPS) is 10.7. The molecule has 0 radical (unpaired) electrons. The van der Waals surface area contributed by atoms with Crippen molar-refractivity contribution in [2.24, 2.45) is 0 Å². The summed E-state index contributed by atoms with van der Waals surface area (Å²) in [6.45, 7) is 1.78. The van der Waals surface area contributed by atoms with Crippen LogP contribution in [0.2, 0.25) is 5.02 Å². The third-order valence-electron chi connectivity index (χ3n) is 1.92. The average molecular weight is 269 g/mol. The van der Waals surface area contributed by atoms with Crippen molar-refractivity contribution in [3.05, 3.63) is 40.8 Å². The fourth-order valence-corrected chi connectivity index (χ4v) is 1.26. The zero-order valence-electron chi connectivity index (χ0n) is 9.54. The monoisotopic (exact) mass is 268 g/mol. The van der Waals surface area contributed by atoms with Crippen molar-refractivity contribution in [2.75, 3.05) is 11.9 Å². The van der Waals surface area contributed by atoms with Gasteiger partial charge in [-0.1, -0.05) is 11.6 Å². The Labute approximate surface area is 109 Å². The molecule has 0 heterocycles. The van der Waals surface area contributed by atoms with Crippen molar-refractivity contribution in [1.29, 1.82) is 5.26 Å². The van der Waals surface area contributed by atoms with E-state index in [0.29, 0.717) is 0 Å². The molecule has 0 atom stereocenters. The van der Waals surface area contributed by atoms with Crippen LogP contribution < -0.4 is 5.32 Å². The van der Waals surface area contributed by atoms with Crippen LogP contribution >= 0.6 is 11.6 Å². The maximum absolute atomic E-state index is 13.4. The number of carbonyl (C=O) groups excluding carboxylic acids is 1. The highest BCUT2D eigenvalue weighted by molar-refractivity contribution is 6.30. The van der Waals surface area contributed by atoms with Gasteiger partial charge in [0.25, 0.3) is 0 Å². The molecule has 0 spiro atoms. The fourth-order valence-electron chi connectivity index (χ4n) is 1.10. The van der Waals surface area contributed by atoms with Gasteiger partial charge in [0.05, 0.1) is 12.3 Å². The van der Waals surface area contributed by atoms with Gasteiger partial charge in [0, 0.05) is 11.2 Å². The standard InChI is InChI=1S/C12H10ClFN2O2/c1-2-18-12(17)8(6-15)7-16-11-4-3-9(13)5-10(11)14/h3-5,7,16H,2H2,1H3/b8-7-. The first-order chi connectivity index (χ1) is 8.58. The first kappa shape index (κ1) is 14.0. The number of ether oxygens (including phenoxy) is 1. The maximum Gasteiger partial charge on any atom is 0.350 e. The molecular formula is C12H10ClFN2O2. The molecule has 1 aromatic carbocycles. The van der Waals surface area contributed by atoms with E-state index in [2.05, 4.69) is 10.1 Å². The summed E-state index contributed by atoms with van der Waals surface area (Å²) >= 11 is 5.59. The van der Waals surface area contributed by atoms with Gasteiger partial charge >= 0.3 is 5.97 Å². The van der Waals surface area contributed by atoms with Crippen molar-refractivity contribution < 1.29 is 13.9 Å². The molecule has 6 heteroatoms. The minimum atomic E-state index is -0.762. The van der Waals surface area contributed by atoms with Gasteiger partial charge < -0.3 is 10.1 Å². The molecule has 1 aromatic rings. The third kappa shape index (κ3) is 3.75. The Hall–Kier alpha value is -2.06. The Morgan fingerprint density at radius 1 is 1.67 bits per heavy atom. The summed E-state index contributed by atoms with van der Waals surface area (Å²) in [7, 11) is 0. The van der Waals surface area contributed by atoms with E-state index < -0.39 is 11.8 Å². The van der Waals surface area contributed by atoms with E-state index in [9.17, 15) is 9.18 Å². The number of benzene rings is 1. The van der Waals surface area contributed by atoms with Crippen molar-refractivity contribution in [1.82, 2.24) is 0 Å². The topological polar surface area (TPSA) is 62.1 Å². The largest absolute Gasteiger partial charge is 0.462 e. The van der Waals surface area contributed by atoms with Gasteiger partial charge in [-0.3, -0.25) is 0 Å². The summed E-state index contributed by atoms with van der Waals surface area (Å²) in [4.78, 5) is 11.3. The minimum absolute atomic E-state index is 0.108. The van der Waals surface area contributed by atoms with Gasteiger partial charge in [-0.2, -0.15) is 5.26 Å². The molecule has 0 bridgehead atoms. The van der Waals surface area contributed by atoms with Crippen LogP contribution in [-0.2, 0) is 9.53 Å². The van der Waals surface area contributed by atoms with E-state index in [4.69, 9.17) is 16.9 Å². The van der Waals surface area contributed by atoms with E-state index in [1.54, 1.807) is 13.0 Å². The number of halogens is 2. The number of rotatable bonds is 4. The van der Waals surface area contributed by atoms with Crippen molar-refractivity contribution in [3.63, 3.8) is 0 Å². The number of hydrogen-bond donors (Lipinski definition) is 1. The Morgan fingerprint density at radius 3 is 2.94 bits per heavy atom. The van der Waals surface area contributed by atoms with E-state index in [1.165, 1.54) is 12.1 Å². The second kappa shape index (κ2) is 6.62. The summed E-state index contributed by atoms with van der Waals surface area (Å²) in [5.41, 5.74) is -0.136. The van der Waals surface area contributed by atoms with Gasteiger partial charge in [-0.05, 0) is 25.1 Å². The van der Waals surface area contributed by atoms with Gasteiger partial charge in [-0.15, -0.1) is 0 Å². The van der Waals surface area contributed by atoms with Crippen molar-refractivity contribution in [2.45, 2.75) is 6.92 Å². The summed E-state index contributed by atoms with van der Waals surface area (Å²) < 4.78 is 18.0. The Morgan fingerprint density at radius 2 is 2.39 bits per heavy atom. The number of esters is 1. The molecule has 0 unspecified atom stereocenters. The molecule has 0 fully saturated rings. The molecule has 0 aliphatic carbocycles. The first-order valence-corrected chi connectivity index (χ1v) is 5.45. The minimum Gasteiger partial charge on any atom is -0.462 e. The molecule has 0 aliphatic heterocycles. The Balaban J connectivity index is 2.84. The van der Waals surface area contributed by atoms with E-state index in [1.807, 2.05) is 0 Å². The van der Waals surface area contributed by atoms with Gasteiger partial charge in [0.15, 0.2) is 5.57 Å². The second-order valence-corrected chi connectivity index (χ2v) is 3.60. The number of hydrogen-bond acceptors (Lipinski definition) is 4. The molecule has 94 valence electrons. The lowest BCUT2D eigenvalue weighted by Gasteiger charge is -2.04. The highest BCUT2D eigenvalue weighted by Crippen LogP contribution is 2.19. The van der Waals surface area contributed by atoms with Crippen LogP contribution in [0.15, 0.2) is 30.0 Å². The van der Waals surface area contributed by atoms with Crippen LogP contribution in [0, 0.1) is 17.1 Å². The van der Waals surface area contributed by atoms with E-state index in [-0.39, 0.29) is 22.9 Å². The van der Waals surface area contributed by atoms with Crippen LogP contribution in [0.3, 0.4) is 0 Å². The lowest BCUT2D eigenvalue weighted by Crippen LogP contribution is -2.08. The maximum atomic E-state index is 13.4. The van der Waals surface area contributed by atoms with Gasteiger partial charge in [0.1, 0.15) is 11.9 Å². The highest BCUT2D eigenvalue weighted by atomic mass is 35.5. The molecule has 4 nitrogen and oxygen atoms in total. The summed E-state index contributed by atoms with van der Waals surface area (Å²) in [6.07, 6.45) is 1.09. The predicted octanol–water partition coefficient (Wildman–Crippen LogP) is 2.86. The predicted molar refractivity (Wildman–Crippen MR) is 65.4 cm³/mol. The third-order valence-corrected chi connectivity index (χ3v) is 2.15. The smallest absolute Gasteiger partial charge is 0.350 e. The zero-order chi connectivity index (χ0) is 13.5. The number of anilines is 1. The zero-order valence-corrected chi connectivity index (χ0v) is 10.3. The summed E-state index contributed by atoms with van der Waals surface area (Å²) in [5, 5.41) is 11.5. The molecule has 0 saturated carbocycles. The van der Waals surface area contributed by atoms with E-state index >= 15 is 0 Å². The van der Waals surface area contributed by atoms with Crippen LogP contribution in [0.5, 0.6) is 0 Å². The Kier molecular flexibility index (Phi) is 5.15.